The summed E-state index contributed by atoms with van der Waals surface area (Å²) in [7, 11) is 0. The zero-order valence-corrected chi connectivity index (χ0v) is 49.9. The Bertz CT molecular complexity index is 2700. The first kappa shape index (κ1) is 65.3. The number of esters is 2. The van der Waals surface area contributed by atoms with Crippen molar-refractivity contribution in [1.29, 1.82) is 0 Å². The first-order valence-corrected chi connectivity index (χ1v) is 27.3. The Morgan fingerprint density at radius 3 is 1.24 bits per heavy atom. The molecule has 0 radical (unpaired) electrons. The third-order valence-corrected chi connectivity index (χ3v) is 14.4. The Morgan fingerprint density at radius 1 is 0.579 bits per heavy atom. The van der Waals surface area contributed by atoms with Crippen molar-refractivity contribution in [1.82, 2.24) is 16.1 Å². The number of carbonyl (C=O) groups is 4. The van der Waals surface area contributed by atoms with Gasteiger partial charge < -0.3 is 37.1 Å². The highest BCUT2D eigenvalue weighted by Gasteiger charge is 2.28. The van der Waals surface area contributed by atoms with Gasteiger partial charge in [-0.1, -0.05) is 110 Å². The molecule has 0 aliphatic heterocycles. The van der Waals surface area contributed by atoms with Crippen LogP contribution in [0.4, 0.5) is 10.3 Å². The number of aromatic nitrogens is 2. The van der Waals surface area contributed by atoms with Crippen LogP contribution in [0.1, 0.15) is 111 Å². The van der Waals surface area contributed by atoms with Crippen LogP contribution in [0.2, 0.25) is 20.1 Å². The van der Waals surface area contributed by atoms with Gasteiger partial charge in [0.25, 0.3) is 0 Å². The molecule has 0 bridgehead atoms. The number of amides is 1. The summed E-state index contributed by atoms with van der Waals surface area (Å²) in [5.41, 5.74) is 9.96. The summed E-state index contributed by atoms with van der Waals surface area (Å²) < 4.78 is 11.4. The lowest BCUT2D eigenvalue weighted by Gasteiger charge is -2.24. The molecule has 20 heteroatoms. The summed E-state index contributed by atoms with van der Waals surface area (Å²) in [5, 5.41) is 19.2. The number of hydrogen-bond acceptors (Lipinski definition) is 13. The van der Waals surface area contributed by atoms with Gasteiger partial charge in [0.2, 0.25) is 5.91 Å². The minimum Gasteiger partial charge on any atom is -0.478 e. The molecule has 0 fully saturated rings. The van der Waals surface area contributed by atoms with E-state index in [2.05, 4.69) is 38.3 Å². The molecule has 0 aliphatic carbocycles. The molecule has 2 aromatic heterocycles. The molecule has 2 atom stereocenters. The molecule has 0 aliphatic rings. The predicted molar refractivity (Wildman–Crippen MR) is 316 cm³/mol. The van der Waals surface area contributed by atoms with E-state index in [0.29, 0.717) is 73.7 Å². The second kappa shape index (κ2) is 29.1. The fourth-order valence-corrected chi connectivity index (χ4v) is 10.4. The molecule has 1 amide bonds. The van der Waals surface area contributed by atoms with E-state index in [4.69, 9.17) is 76.7 Å². The van der Waals surface area contributed by atoms with Crippen LogP contribution in [0.5, 0.6) is 0 Å². The van der Waals surface area contributed by atoms with Crippen molar-refractivity contribution in [2.45, 2.75) is 106 Å². The second-order valence-electron chi connectivity index (χ2n) is 20.7. The maximum absolute atomic E-state index is 13.1. The number of nitrogens with one attached hydrogen (secondary N) is 2. The molecule has 6 aromatic rings. The molecule has 2 unspecified atom stereocenters. The largest absolute Gasteiger partial charge is 0.478 e. The van der Waals surface area contributed by atoms with Crippen molar-refractivity contribution in [3.8, 4) is 22.5 Å². The van der Waals surface area contributed by atoms with E-state index < -0.39 is 34.9 Å². The number of aromatic carboxylic acids is 1. The standard InChI is InChI=1S/C28H33Cl2N3O3S.C28H32Cl2N2O4S.ClH.H3N/c1-16(2)12-23-24(19-10-11-21(29)22(30)14-19)33-27(37-23)32-15-20(26(35)36-28(3,4)5)13-17-6-8-18(9-7-17)25(31)34;1-16(2)12-23-24(19-10-11-21(29)22(30)14-19)32-27(37-23)31-15-20(26(35)36-28(3,4)5)13-17-6-8-18(9-7-17)25(33)34;;/h6-11,14,16,20H,12-13,15H2,1-5H3,(H2,31,34)(H,32,33);6-11,14,16,20H,12-13,15H2,1-5H3,(H,31,32)(H,33,34);1H;1H3. The molecule has 6 rings (SSSR count). The Morgan fingerprint density at radius 2 is 0.934 bits per heavy atom. The summed E-state index contributed by atoms with van der Waals surface area (Å²) in [6.07, 6.45) is 2.54. The third kappa shape index (κ3) is 20.4. The van der Waals surface area contributed by atoms with E-state index in [1.165, 1.54) is 0 Å². The van der Waals surface area contributed by atoms with Crippen LogP contribution < -0.4 is 22.5 Å². The molecule has 8 N–H and O–H groups in total. The maximum atomic E-state index is 13.1. The van der Waals surface area contributed by atoms with E-state index in [-0.39, 0.29) is 36.1 Å². The van der Waals surface area contributed by atoms with Gasteiger partial charge in [0.05, 0.1) is 48.9 Å². The van der Waals surface area contributed by atoms with Crippen LogP contribution in [0, 0.1) is 23.7 Å². The van der Waals surface area contributed by atoms with E-state index in [1.807, 2.05) is 77.9 Å². The summed E-state index contributed by atoms with van der Waals surface area (Å²) in [4.78, 5) is 60.7. The monoisotopic (exact) mass is 1180 g/mol. The minimum atomic E-state index is -0.990. The van der Waals surface area contributed by atoms with Gasteiger partial charge in [0.1, 0.15) is 11.2 Å². The van der Waals surface area contributed by atoms with Gasteiger partial charge in [-0.2, -0.15) is 0 Å². The van der Waals surface area contributed by atoms with Crippen molar-refractivity contribution in [3.63, 3.8) is 0 Å². The topological polar surface area (TPSA) is 218 Å². The van der Waals surface area contributed by atoms with E-state index in [0.717, 1.165) is 56.2 Å². The minimum absolute atomic E-state index is 0. The van der Waals surface area contributed by atoms with Crippen LogP contribution >= 0.6 is 81.5 Å². The number of benzene rings is 4. The average Bonchev–Trinajstić information content (AvgIpc) is 3.90. The van der Waals surface area contributed by atoms with Crippen LogP contribution in [0.3, 0.4) is 0 Å². The molecule has 76 heavy (non-hydrogen) atoms. The lowest BCUT2D eigenvalue weighted by atomic mass is 9.98. The highest BCUT2D eigenvalue weighted by molar-refractivity contribution is 7.16. The van der Waals surface area contributed by atoms with Crippen molar-refractivity contribution in [2.75, 3.05) is 23.7 Å². The summed E-state index contributed by atoms with van der Waals surface area (Å²) in [6, 6.07) is 24.5. The Kier molecular flexibility index (Phi) is 25.0. The van der Waals surface area contributed by atoms with E-state index >= 15 is 0 Å². The maximum Gasteiger partial charge on any atom is 0.335 e. The number of primary amides is 1. The fraction of sp³-hybridized carbons (Fsp3) is 0.393. The normalized spacial score (nSPS) is 12.1. The van der Waals surface area contributed by atoms with Crippen molar-refractivity contribution in [3.05, 3.63) is 137 Å². The van der Waals surface area contributed by atoms with Gasteiger partial charge in [-0.15, -0.1) is 35.1 Å². The molecule has 4 aromatic carbocycles. The molecular weight excluding hydrogens is 1110 g/mol. The second-order valence-corrected chi connectivity index (χ2v) is 24.5. The van der Waals surface area contributed by atoms with Gasteiger partial charge in [-0.25, -0.2) is 14.8 Å². The number of halogens is 5. The Labute approximate surface area is 481 Å². The number of carbonyl (C=O) groups excluding carboxylic acids is 3. The first-order chi connectivity index (χ1) is 34.6. The zero-order chi connectivity index (χ0) is 54.7. The Hall–Kier alpha value is -4.97. The molecular formula is C56H69Cl5N6O7S2. The van der Waals surface area contributed by atoms with Crippen molar-refractivity contribution >= 4 is 116 Å². The summed E-state index contributed by atoms with van der Waals surface area (Å²) >= 11 is 27.9. The highest BCUT2D eigenvalue weighted by Crippen LogP contribution is 2.38. The molecule has 2 heterocycles. The van der Waals surface area contributed by atoms with Crippen molar-refractivity contribution in [2.24, 2.45) is 29.4 Å². The fourth-order valence-electron chi connectivity index (χ4n) is 7.44. The number of carboxylic acid groups (broad SMARTS) is 1. The van der Waals surface area contributed by atoms with E-state index in [1.54, 1.807) is 71.2 Å². The van der Waals surface area contributed by atoms with Crippen LogP contribution in [-0.4, -0.2) is 63.2 Å². The third-order valence-electron chi connectivity index (χ3n) is 10.9. The number of hydrogen-bond donors (Lipinski definition) is 5. The molecule has 0 saturated carbocycles. The van der Waals surface area contributed by atoms with E-state index in [9.17, 15) is 19.2 Å². The highest BCUT2D eigenvalue weighted by atomic mass is 35.5. The number of thiazole rings is 2. The van der Waals surface area contributed by atoms with Crippen molar-refractivity contribution < 1.29 is 33.8 Å². The average molecular weight is 1180 g/mol. The number of anilines is 2. The predicted octanol–water partition coefficient (Wildman–Crippen LogP) is 15.2. The number of ether oxygens (including phenoxy) is 2. The smallest absolute Gasteiger partial charge is 0.335 e. The van der Waals surface area contributed by atoms with Gasteiger partial charge >= 0.3 is 17.9 Å². The zero-order valence-electron chi connectivity index (χ0n) is 44.4. The number of nitrogens with zero attached hydrogens (tertiary/aromatic N) is 2. The van der Waals surface area contributed by atoms with Crippen LogP contribution in [0.15, 0.2) is 84.9 Å². The number of carboxylic acids is 1. The van der Waals surface area contributed by atoms with Crippen LogP contribution in [-0.2, 0) is 44.7 Å². The quantitative estimate of drug-likeness (QED) is 0.0451. The SMILES string of the molecule is CC(C)Cc1sc(NCC(Cc2ccc(C(=O)O)cc2)C(=O)OC(C)(C)C)nc1-c1ccc(Cl)c(Cl)c1.CC(C)Cc1sc(NCC(Cc2ccc(C(N)=O)cc2)C(=O)OC(C)(C)C)nc1-c1ccc(Cl)c(Cl)c1.Cl.N. The Balaban J connectivity index is 0.000000390. The number of rotatable bonds is 20. The number of nitrogens with two attached hydrogens (primary N) is 1. The molecule has 0 saturated heterocycles. The lowest BCUT2D eigenvalue weighted by Crippen LogP contribution is -2.33. The first-order valence-electron chi connectivity index (χ1n) is 24.2. The van der Waals surface area contributed by atoms with Gasteiger partial charge in [0, 0.05) is 39.5 Å². The molecule has 13 nitrogen and oxygen atoms in total. The van der Waals surface area contributed by atoms with Gasteiger partial charge in [-0.3, -0.25) is 14.4 Å². The summed E-state index contributed by atoms with van der Waals surface area (Å²) in [6.45, 7) is 20.3. The van der Waals surface area contributed by atoms with Crippen LogP contribution in [0.25, 0.3) is 22.5 Å². The van der Waals surface area contributed by atoms with Gasteiger partial charge in [-0.05, 0) is 139 Å². The summed E-state index contributed by atoms with van der Waals surface area (Å²) in [5.74, 6) is -2.21. The molecule has 0 spiro atoms. The molecule has 412 valence electrons. The lowest BCUT2D eigenvalue weighted by molar-refractivity contribution is -0.160. The van der Waals surface area contributed by atoms with Gasteiger partial charge in [0.15, 0.2) is 10.3 Å².